The van der Waals surface area contributed by atoms with Crippen molar-refractivity contribution in [3.8, 4) is 11.8 Å². The highest BCUT2D eigenvalue weighted by Crippen LogP contribution is 2.13. The quantitative estimate of drug-likeness (QED) is 0.743. The van der Waals surface area contributed by atoms with Crippen molar-refractivity contribution >= 4 is 0 Å². The predicted molar refractivity (Wildman–Crippen MR) is 61.1 cm³/mol. The van der Waals surface area contributed by atoms with Crippen LogP contribution in [0, 0.1) is 11.8 Å². The normalized spacial score (nSPS) is 11.6. The Bertz CT molecular complexity index is 324. The molecule has 0 aliphatic rings. The van der Waals surface area contributed by atoms with E-state index in [9.17, 15) is 0 Å². The van der Waals surface area contributed by atoms with Crippen LogP contribution in [0.4, 0.5) is 0 Å². The average molecular weight is 203 g/mol. The Morgan fingerprint density at radius 3 is 2.93 bits per heavy atom. The Morgan fingerprint density at radius 1 is 1.47 bits per heavy atom. The van der Waals surface area contributed by atoms with Crippen molar-refractivity contribution in [2.24, 2.45) is 0 Å². The van der Waals surface area contributed by atoms with Crippen molar-refractivity contribution in [1.82, 2.24) is 15.5 Å². The third-order valence-electron chi connectivity index (χ3n) is 2.13. The average Bonchev–Trinajstić information content (AvgIpc) is 2.30. The maximum atomic E-state index is 3.88. The van der Waals surface area contributed by atoms with E-state index >= 15 is 0 Å². The number of hydrogen-bond acceptors (Lipinski definition) is 3. The van der Waals surface area contributed by atoms with E-state index in [4.69, 9.17) is 0 Å². The fourth-order valence-electron chi connectivity index (χ4n) is 1.34. The first kappa shape index (κ1) is 11.7. The summed E-state index contributed by atoms with van der Waals surface area (Å²) >= 11 is 0. The van der Waals surface area contributed by atoms with Gasteiger partial charge in [-0.3, -0.25) is 0 Å². The van der Waals surface area contributed by atoms with Crippen LogP contribution in [0.25, 0.3) is 0 Å². The molecule has 0 fully saturated rings. The highest BCUT2D eigenvalue weighted by Gasteiger charge is 2.08. The summed E-state index contributed by atoms with van der Waals surface area (Å²) < 4.78 is 0. The first-order valence-corrected chi connectivity index (χ1v) is 5.28. The van der Waals surface area contributed by atoms with E-state index in [-0.39, 0.29) is 6.04 Å². The number of nitrogens with one attached hydrogen (secondary N) is 1. The van der Waals surface area contributed by atoms with Gasteiger partial charge >= 0.3 is 0 Å². The fraction of sp³-hybridized carbons (Fsp3) is 0.500. The van der Waals surface area contributed by atoms with Crippen molar-refractivity contribution in [2.75, 3.05) is 6.54 Å². The van der Waals surface area contributed by atoms with Crippen LogP contribution in [0.15, 0.2) is 18.5 Å². The molecule has 1 aromatic heterocycles. The van der Waals surface area contributed by atoms with E-state index in [1.807, 2.05) is 13.0 Å². The number of hydrogen-bond donors (Lipinski definition) is 1. The first-order chi connectivity index (χ1) is 7.38. The van der Waals surface area contributed by atoms with Crippen LogP contribution in [0.2, 0.25) is 0 Å². The van der Waals surface area contributed by atoms with Crippen LogP contribution in [0.3, 0.4) is 0 Å². The molecular weight excluding hydrogens is 186 g/mol. The van der Waals surface area contributed by atoms with Crippen LogP contribution in [-0.4, -0.2) is 16.7 Å². The molecule has 0 amide bonds. The second-order valence-corrected chi connectivity index (χ2v) is 3.31. The molecule has 0 saturated heterocycles. The molecule has 80 valence electrons. The zero-order chi connectivity index (χ0) is 10.9. The molecule has 1 unspecified atom stereocenters. The standard InChI is InChI=1S/C12H17N3/c1-3-5-6-12(13-8-4-2)11-7-9-14-15-10-11/h7,9-10,12-13H,4,6,8H2,1-2H3. The van der Waals surface area contributed by atoms with Gasteiger partial charge in [-0.1, -0.05) is 6.92 Å². The molecule has 0 saturated carbocycles. The lowest BCUT2D eigenvalue weighted by molar-refractivity contribution is 0.539. The van der Waals surface area contributed by atoms with Gasteiger partial charge in [-0.2, -0.15) is 10.2 Å². The Balaban J connectivity index is 2.65. The number of rotatable bonds is 5. The maximum Gasteiger partial charge on any atom is 0.0544 e. The highest BCUT2D eigenvalue weighted by atomic mass is 15.1. The minimum atomic E-state index is 0.271. The molecule has 0 spiro atoms. The van der Waals surface area contributed by atoms with Crippen LogP contribution in [0.5, 0.6) is 0 Å². The zero-order valence-electron chi connectivity index (χ0n) is 9.33. The maximum absolute atomic E-state index is 3.88. The third-order valence-corrected chi connectivity index (χ3v) is 2.13. The first-order valence-electron chi connectivity index (χ1n) is 5.28. The van der Waals surface area contributed by atoms with Gasteiger partial charge in [0.25, 0.3) is 0 Å². The lowest BCUT2D eigenvalue weighted by Crippen LogP contribution is -2.21. The summed E-state index contributed by atoms with van der Waals surface area (Å²) in [6.07, 6.45) is 5.46. The summed E-state index contributed by atoms with van der Waals surface area (Å²) in [5, 5.41) is 11.1. The van der Waals surface area contributed by atoms with Gasteiger partial charge in [-0.25, -0.2) is 0 Å². The monoisotopic (exact) mass is 203 g/mol. The summed E-state index contributed by atoms with van der Waals surface area (Å²) in [5.41, 5.74) is 1.15. The summed E-state index contributed by atoms with van der Waals surface area (Å²) in [6.45, 7) is 5.01. The summed E-state index contributed by atoms with van der Waals surface area (Å²) in [4.78, 5) is 0. The van der Waals surface area contributed by atoms with Gasteiger partial charge in [-0.05, 0) is 31.5 Å². The fourth-order valence-corrected chi connectivity index (χ4v) is 1.34. The molecule has 0 aliphatic carbocycles. The van der Waals surface area contributed by atoms with Crippen LogP contribution in [-0.2, 0) is 0 Å². The summed E-state index contributed by atoms with van der Waals surface area (Å²) in [6, 6.07) is 2.26. The van der Waals surface area contributed by atoms with Gasteiger partial charge in [-0.15, -0.1) is 11.8 Å². The van der Waals surface area contributed by atoms with Crippen LogP contribution >= 0.6 is 0 Å². The van der Waals surface area contributed by atoms with Crippen LogP contribution < -0.4 is 5.32 Å². The molecule has 1 N–H and O–H groups in total. The molecule has 1 aromatic rings. The van der Waals surface area contributed by atoms with E-state index < -0.39 is 0 Å². The Hall–Kier alpha value is -1.40. The smallest absolute Gasteiger partial charge is 0.0544 e. The Morgan fingerprint density at radius 2 is 2.33 bits per heavy atom. The highest BCUT2D eigenvalue weighted by molar-refractivity contribution is 5.14. The SMILES string of the molecule is CC#CCC(NCCC)c1ccnnc1. The van der Waals surface area contributed by atoms with Gasteiger partial charge in [0.15, 0.2) is 0 Å². The summed E-state index contributed by atoms with van der Waals surface area (Å²) in [7, 11) is 0. The molecule has 0 radical (unpaired) electrons. The predicted octanol–water partition coefficient (Wildman–Crippen LogP) is 1.93. The molecular formula is C12H17N3. The van der Waals surface area contributed by atoms with E-state index in [0.29, 0.717) is 0 Å². The van der Waals surface area contributed by atoms with Crippen LogP contribution in [0.1, 0.15) is 38.3 Å². The molecule has 1 heterocycles. The minimum absolute atomic E-state index is 0.271. The van der Waals surface area contributed by atoms with Crippen molar-refractivity contribution < 1.29 is 0 Å². The van der Waals surface area contributed by atoms with Crippen molar-refractivity contribution in [1.29, 1.82) is 0 Å². The lowest BCUT2D eigenvalue weighted by atomic mass is 10.1. The van der Waals surface area contributed by atoms with Gasteiger partial charge in [0.1, 0.15) is 0 Å². The number of aromatic nitrogens is 2. The Kier molecular flexibility index (Phi) is 5.42. The molecule has 0 aliphatic heterocycles. The molecule has 1 atom stereocenters. The lowest BCUT2D eigenvalue weighted by Gasteiger charge is -2.15. The molecule has 1 rings (SSSR count). The van der Waals surface area contributed by atoms with Gasteiger partial charge in [0, 0.05) is 18.7 Å². The van der Waals surface area contributed by atoms with Crippen molar-refractivity contribution in [3.05, 3.63) is 24.0 Å². The molecule has 3 heteroatoms. The van der Waals surface area contributed by atoms with Gasteiger partial charge < -0.3 is 5.32 Å². The van der Waals surface area contributed by atoms with Gasteiger partial charge in [0.05, 0.1) is 6.20 Å². The van der Waals surface area contributed by atoms with E-state index in [2.05, 4.69) is 34.3 Å². The molecule has 3 nitrogen and oxygen atoms in total. The third kappa shape index (κ3) is 4.09. The zero-order valence-corrected chi connectivity index (χ0v) is 9.33. The van der Waals surface area contributed by atoms with Gasteiger partial charge in [0.2, 0.25) is 0 Å². The minimum Gasteiger partial charge on any atom is -0.309 e. The molecule has 0 aromatic carbocycles. The number of nitrogens with zero attached hydrogens (tertiary/aromatic N) is 2. The Labute approximate surface area is 91.3 Å². The van der Waals surface area contributed by atoms with E-state index in [0.717, 1.165) is 24.9 Å². The molecule has 15 heavy (non-hydrogen) atoms. The second kappa shape index (κ2) is 6.97. The van der Waals surface area contributed by atoms with Crippen molar-refractivity contribution in [3.63, 3.8) is 0 Å². The van der Waals surface area contributed by atoms with E-state index in [1.165, 1.54) is 0 Å². The van der Waals surface area contributed by atoms with E-state index in [1.54, 1.807) is 12.4 Å². The molecule has 0 bridgehead atoms. The second-order valence-electron chi connectivity index (χ2n) is 3.31. The largest absolute Gasteiger partial charge is 0.309 e. The summed E-state index contributed by atoms with van der Waals surface area (Å²) in [5.74, 6) is 6.01. The topological polar surface area (TPSA) is 37.8 Å². The van der Waals surface area contributed by atoms with Crippen molar-refractivity contribution in [2.45, 2.75) is 32.7 Å².